The molecule has 0 aromatic heterocycles. The van der Waals surface area contributed by atoms with Gasteiger partial charge in [-0.3, -0.25) is 9.59 Å². The van der Waals surface area contributed by atoms with Crippen molar-refractivity contribution in [1.29, 1.82) is 0 Å². The first-order valence-electron chi connectivity index (χ1n) is 9.17. The zero-order chi connectivity index (χ0) is 20.0. The number of esters is 1. The molecule has 0 bridgehead atoms. The summed E-state index contributed by atoms with van der Waals surface area (Å²) in [5.41, 5.74) is 3.34. The summed E-state index contributed by atoms with van der Waals surface area (Å²) in [4.78, 5) is 28.0. The van der Waals surface area contributed by atoms with E-state index < -0.39 is 17.8 Å². The normalized spacial score (nSPS) is 20.7. The van der Waals surface area contributed by atoms with Crippen molar-refractivity contribution < 1.29 is 14.3 Å². The summed E-state index contributed by atoms with van der Waals surface area (Å²) in [7, 11) is 0. The fourth-order valence-corrected chi connectivity index (χ4v) is 5.03. The summed E-state index contributed by atoms with van der Waals surface area (Å²) in [5, 5.41) is 1.46. The Kier molecular flexibility index (Phi) is 5.30. The number of hydrogen-bond acceptors (Lipinski definition) is 3. The highest BCUT2D eigenvalue weighted by Crippen LogP contribution is 2.49. The monoisotopic (exact) mass is 437 g/mol. The molecule has 28 heavy (non-hydrogen) atoms. The molecule has 0 aliphatic carbocycles. The number of nitrogens with zero attached hydrogens (tertiary/aromatic N) is 1. The van der Waals surface area contributed by atoms with Gasteiger partial charge in [0.1, 0.15) is 5.92 Å². The third kappa shape index (κ3) is 3.18. The maximum Gasteiger partial charge on any atom is 0.319 e. The number of ether oxygens (including phenoxy) is 1. The van der Waals surface area contributed by atoms with Crippen LogP contribution in [0.25, 0.3) is 0 Å². The molecule has 0 spiro atoms. The molecule has 1 amide bonds. The maximum atomic E-state index is 13.4. The molecule has 0 saturated heterocycles. The van der Waals surface area contributed by atoms with Gasteiger partial charge in [-0.15, -0.1) is 0 Å². The molecule has 2 aliphatic heterocycles. The fourth-order valence-electron chi connectivity index (χ4n) is 4.26. The van der Waals surface area contributed by atoms with Crippen LogP contribution in [0.3, 0.4) is 0 Å². The van der Waals surface area contributed by atoms with E-state index in [1.54, 1.807) is 30.0 Å². The minimum absolute atomic E-state index is 0.192. The second kappa shape index (κ2) is 7.58. The molecule has 2 aliphatic rings. The summed E-state index contributed by atoms with van der Waals surface area (Å²) in [5.74, 6) is -2.42. The van der Waals surface area contributed by atoms with Crippen molar-refractivity contribution >= 4 is 52.4 Å². The van der Waals surface area contributed by atoms with Gasteiger partial charge in [-0.2, -0.15) is 0 Å². The third-order valence-electron chi connectivity index (χ3n) is 5.32. The zero-order valence-electron chi connectivity index (χ0n) is 15.2. The van der Waals surface area contributed by atoms with E-state index in [0.29, 0.717) is 27.2 Å². The molecule has 0 N–H and O–H groups in total. The van der Waals surface area contributed by atoms with E-state index in [2.05, 4.69) is 0 Å². The number of amides is 1. The van der Waals surface area contributed by atoms with Crippen LogP contribution in [-0.4, -0.2) is 25.0 Å². The minimum Gasteiger partial charge on any atom is -0.465 e. The van der Waals surface area contributed by atoms with Crippen molar-refractivity contribution in [3.63, 3.8) is 0 Å². The number of aryl methyl sites for hydroxylation is 1. The Hall–Kier alpha value is -1.75. The Morgan fingerprint density at radius 1 is 1.14 bits per heavy atom. The molecule has 4 rings (SSSR count). The summed E-state index contributed by atoms with van der Waals surface area (Å²) in [6.45, 7) is 2.48. The smallest absolute Gasteiger partial charge is 0.319 e. The van der Waals surface area contributed by atoms with Crippen molar-refractivity contribution in [2.45, 2.75) is 25.7 Å². The second-order valence-electron chi connectivity index (χ2n) is 6.97. The highest BCUT2D eigenvalue weighted by molar-refractivity contribution is 6.35. The van der Waals surface area contributed by atoms with Crippen molar-refractivity contribution in [2.24, 2.45) is 5.92 Å². The molecule has 0 fully saturated rings. The van der Waals surface area contributed by atoms with Crippen LogP contribution < -0.4 is 4.90 Å². The van der Waals surface area contributed by atoms with Gasteiger partial charge in [0, 0.05) is 27.5 Å². The van der Waals surface area contributed by atoms with Gasteiger partial charge in [0.15, 0.2) is 0 Å². The van der Waals surface area contributed by atoms with Crippen molar-refractivity contribution in [3.8, 4) is 0 Å². The molecule has 0 radical (unpaired) electrons. The van der Waals surface area contributed by atoms with Crippen LogP contribution in [-0.2, 0) is 20.7 Å². The highest BCUT2D eigenvalue weighted by atomic mass is 35.5. The summed E-state index contributed by atoms with van der Waals surface area (Å²) in [6, 6.07) is 8.81. The lowest BCUT2D eigenvalue weighted by atomic mass is 9.74. The first-order valence-corrected chi connectivity index (χ1v) is 10.3. The third-order valence-corrected chi connectivity index (χ3v) is 6.10. The summed E-state index contributed by atoms with van der Waals surface area (Å²) >= 11 is 19.0. The number of hydrogen-bond donors (Lipinski definition) is 0. The Morgan fingerprint density at radius 2 is 1.93 bits per heavy atom. The lowest BCUT2D eigenvalue weighted by Crippen LogP contribution is -2.49. The lowest BCUT2D eigenvalue weighted by Gasteiger charge is -2.42. The molecule has 0 saturated carbocycles. The summed E-state index contributed by atoms with van der Waals surface area (Å²) in [6.07, 6.45) is 1.65. The largest absolute Gasteiger partial charge is 0.465 e. The van der Waals surface area contributed by atoms with Crippen LogP contribution in [0.2, 0.25) is 15.1 Å². The van der Waals surface area contributed by atoms with Gasteiger partial charge >= 0.3 is 5.97 Å². The van der Waals surface area contributed by atoms with Gasteiger partial charge < -0.3 is 9.64 Å². The Bertz CT molecular complexity index is 976. The average molecular weight is 439 g/mol. The number of rotatable bonds is 3. The predicted molar refractivity (Wildman–Crippen MR) is 111 cm³/mol. The number of carbonyl (C=O) groups excluding carboxylic acids is 2. The molecular formula is C21H18Cl3NO3. The van der Waals surface area contributed by atoms with Crippen LogP contribution in [0, 0.1) is 5.92 Å². The van der Waals surface area contributed by atoms with E-state index in [9.17, 15) is 9.59 Å². The van der Waals surface area contributed by atoms with Gasteiger partial charge in [-0.1, -0.05) is 40.9 Å². The van der Waals surface area contributed by atoms with Gasteiger partial charge in [0.25, 0.3) is 0 Å². The second-order valence-corrected chi connectivity index (χ2v) is 8.25. The Morgan fingerprint density at radius 3 is 2.64 bits per heavy atom. The van der Waals surface area contributed by atoms with Crippen LogP contribution >= 0.6 is 34.8 Å². The molecule has 2 heterocycles. The molecule has 7 heteroatoms. The van der Waals surface area contributed by atoms with Crippen molar-refractivity contribution in [1.82, 2.24) is 0 Å². The molecule has 2 aromatic rings. The van der Waals surface area contributed by atoms with Gasteiger partial charge in [-0.25, -0.2) is 0 Å². The van der Waals surface area contributed by atoms with E-state index in [0.717, 1.165) is 29.7 Å². The van der Waals surface area contributed by atoms with E-state index in [4.69, 9.17) is 39.5 Å². The first-order chi connectivity index (χ1) is 13.4. The van der Waals surface area contributed by atoms with Crippen molar-refractivity contribution in [3.05, 3.63) is 62.1 Å². The average Bonchev–Trinajstić information content (AvgIpc) is 2.64. The summed E-state index contributed by atoms with van der Waals surface area (Å²) < 4.78 is 5.26. The van der Waals surface area contributed by atoms with Gasteiger partial charge in [0.2, 0.25) is 5.91 Å². The molecule has 2 unspecified atom stereocenters. The topological polar surface area (TPSA) is 46.6 Å². The SMILES string of the molecule is CCOC(=O)C1C(=O)N2CCCc3cc(Cl)cc(c32)C1c1ccc(Cl)cc1Cl. The standard InChI is InChI=1S/C21H18Cl3NO3/c1-2-28-21(27)18-17(14-6-5-12(22)10-16(14)24)15-9-13(23)8-11-4-3-7-25(19(11)15)20(18)26/h5-6,8-10,17-18H,2-4,7H2,1H3. The van der Waals surface area contributed by atoms with Crippen LogP contribution in [0.5, 0.6) is 0 Å². The first kappa shape index (κ1) is 19.6. The van der Waals surface area contributed by atoms with E-state index in [1.165, 1.54) is 0 Å². The number of halogens is 3. The number of anilines is 1. The number of carbonyl (C=O) groups is 2. The quantitative estimate of drug-likeness (QED) is 0.485. The minimum atomic E-state index is -1.02. The fraction of sp³-hybridized carbons (Fsp3) is 0.333. The maximum absolute atomic E-state index is 13.4. The van der Waals surface area contributed by atoms with Crippen LogP contribution in [0.4, 0.5) is 5.69 Å². The number of benzene rings is 2. The molecule has 4 nitrogen and oxygen atoms in total. The molecule has 146 valence electrons. The molecule has 2 atom stereocenters. The van der Waals surface area contributed by atoms with Gasteiger partial charge in [-0.05, 0) is 60.7 Å². The van der Waals surface area contributed by atoms with E-state index in [-0.39, 0.29) is 12.5 Å². The van der Waals surface area contributed by atoms with Gasteiger partial charge in [0.05, 0.1) is 12.3 Å². The van der Waals surface area contributed by atoms with E-state index >= 15 is 0 Å². The lowest BCUT2D eigenvalue weighted by molar-refractivity contribution is -0.152. The van der Waals surface area contributed by atoms with Crippen molar-refractivity contribution in [2.75, 3.05) is 18.1 Å². The molecule has 2 aromatic carbocycles. The Balaban J connectivity index is 1.99. The predicted octanol–water partition coefficient (Wildman–Crippen LogP) is 5.25. The van der Waals surface area contributed by atoms with Crippen LogP contribution in [0.1, 0.15) is 36.0 Å². The zero-order valence-corrected chi connectivity index (χ0v) is 17.4. The Labute approximate surface area is 178 Å². The highest BCUT2D eigenvalue weighted by Gasteiger charge is 2.48. The molecular weight excluding hydrogens is 421 g/mol. The van der Waals surface area contributed by atoms with Crippen LogP contribution in [0.15, 0.2) is 30.3 Å². The van der Waals surface area contributed by atoms with E-state index in [1.807, 2.05) is 12.1 Å².